The van der Waals surface area contributed by atoms with Gasteiger partial charge in [-0.1, -0.05) is 29.8 Å². The van der Waals surface area contributed by atoms with E-state index >= 15 is 0 Å². The van der Waals surface area contributed by atoms with Gasteiger partial charge in [-0.25, -0.2) is 9.07 Å². The minimum atomic E-state index is -0.460. The summed E-state index contributed by atoms with van der Waals surface area (Å²) in [5, 5.41) is 7.73. The average molecular weight is 386 g/mol. The SMILES string of the molecule is CCn1nc(-c2cccc(Cl)c2)c(C(C)=O)c(Nc2cccc(F)c2)c1=O. The van der Waals surface area contributed by atoms with Gasteiger partial charge in [0.15, 0.2) is 5.78 Å². The summed E-state index contributed by atoms with van der Waals surface area (Å²) in [6.07, 6.45) is 0. The third kappa shape index (κ3) is 3.90. The number of benzene rings is 2. The summed E-state index contributed by atoms with van der Waals surface area (Å²) < 4.78 is 14.8. The highest BCUT2D eigenvalue weighted by atomic mass is 35.5. The van der Waals surface area contributed by atoms with Gasteiger partial charge in [-0.2, -0.15) is 5.10 Å². The zero-order chi connectivity index (χ0) is 19.6. The Kier molecular flexibility index (Phi) is 5.37. The number of aryl methyl sites for hydroxylation is 1. The largest absolute Gasteiger partial charge is 0.350 e. The van der Waals surface area contributed by atoms with Crippen LogP contribution in [0.1, 0.15) is 24.2 Å². The first-order chi connectivity index (χ1) is 12.9. The van der Waals surface area contributed by atoms with Crippen LogP contribution in [-0.4, -0.2) is 15.6 Å². The molecule has 3 rings (SSSR count). The molecule has 0 aliphatic rings. The van der Waals surface area contributed by atoms with E-state index in [1.54, 1.807) is 37.3 Å². The number of Topliss-reactive ketones (excluding diaryl/α,β-unsaturated/α-hetero) is 1. The summed E-state index contributed by atoms with van der Waals surface area (Å²) in [6.45, 7) is 3.44. The van der Waals surface area contributed by atoms with Gasteiger partial charge in [0, 0.05) is 22.8 Å². The van der Waals surface area contributed by atoms with Crippen LogP contribution >= 0.6 is 11.6 Å². The minimum absolute atomic E-state index is 0.0555. The molecule has 7 heteroatoms. The summed E-state index contributed by atoms with van der Waals surface area (Å²) in [4.78, 5) is 25.3. The van der Waals surface area contributed by atoms with E-state index in [0.29, 0.717) is 28.5 Å². The molecule has 5 nitrogen and oxygen atoms in total. The number of halogens is 2. The lowest BCUT2D eigenvalue weighted by Gasteiger charge is -2.16. The topological polar surface area (TPSA) is 64.0 Å². The number of hydrogen-bond acceptors (Lipinski definition) is 4. The van der Waals surface area contributed by atoms with Gasteiger partial charge in [-0.05, 0) is 44.2 Å². The molecule has 0 radical (unpaired) electrons. The predicted octanol–water partition coefficient (Wildman–Crippen LogP) is 4.67. The Hall–Kier alpha value is -2.99. The van der Waals surface area contributed by atoms with Crippen LogP contribution in [0.15, 0.2) is 53.3 Å². The standard InChI is InChI=1S/C20H17ClFN3O2/c1-3-25-20(27)19(23-16-9-5-8-15(22)11-16)17(12(2)26)18(24-25)13-6-4-7-14(21)10-13/h4-11,23H,3H2,1-2H3. The van der Waals surface area contributed by atoms with Gasteiger partial charge in [0.25, 0.3) is 5.56 Å². The van der Waals surface area contributed by atoms with E-state index in [4.69, 9.17) is 11.6 Å². The second kappa shape index (κ2) is 7.72. The Bertz CT molecular complexity index is 1080. The van der Waals surface area contributed by atoms with Crippen LogP contribution in [0.2, 0.25) is 5.02 Å². The number of aromatic nitrogens is 2. The summed E-state index contributed by atoms with van der Waals surface area (Å²) in [7, 11) is 0. The summed E-state index contributed by atoms with van der Waals surface area (Å²) >= 11 is 6.08. The second-order valence-corrected chi connectivity index (χ2v) is 6.36. The number of ketones is 1. The first-order valence-electron chi connectivity index (χ1n) is 8.35. The Morgan fingerprint density at radius 3 is 2.59 bits per heavy atom. The Balaban J connectivity index is 2.29. The maximum absolute atomic E-state index is 13.5. The molecule has 0 saturated heterocycles. The molecule has 0 fully saturated rings. The van der Waals surface area contributed by atoms with Crippen molar-refractivity contribution in [2.24, 2.45) is 0 Å². The van der Waals surface area contributed by atoms with Gasteiger partial charge >= 0.3 is 0 Å². The van der Waals surface area contributed by atoms with Crippen molar-refractivity contribution in [3.8, 4) is 11.3 Å². The van der Waals surface area contributed by atoms with E-state index in [9.17, 15) is 14.0 Å². The van der Waals surface area contributed by atoms with Crippen LogP contribution in [-0.2, 0) is 6.54 Å². The molecule has 0 atom stereocenters. The van der Waals surface area contributed by atoms with Crippen molar-refractivity contribution in [1.82, 2.24) is 9.78 Å². The molecule has 0 unspecified atom stereocenters. The quantitative estimate of drug-likeness (QED) is 0.648. The van der Waals surface area contributed by atoms with Gasteiger partial charge in [-0.15, -0.1) is 0 Å². The van der Waals surface area contributed by atoms with Crippen molar-refractivity contribution >= 4 is 28.8 Å². The Labute approximate surface area is 160 Å². The fourth-order valence-corrected chi connectivity index (χ4v) is 2.98. The third-order valence-electron chi connectivity index (χ3n) is 4.00. The van der Waals surface area contributed by atoms with Gasteiger partial charge in [0.1, 0.15) is 17.2 Å². The highest BCUT2D eigenvalue weighted by Crippen LogP contribution is 2.29. The van der Waals surface area contributed by atoms with Crippen LogP contribution in [0.3, 0.4) is 0 Å². The van der Waals surface area contributed by atoms with Crippen LogP contribution in [0.25, 0.3) is 11.3 Å². The van der Waals surface area contributed by atoms with E-state index in [2.05, 4.69) is 10.4 Å². The van der Waals surface area contributed by atoms with E-state index < -0.39 is 11.4 Å². The smallest absolute Gasteiger partial charge is 0.291 e. The van der Waals surface area contributed by atoms with E-state index in [1.165, 1.54) is 29.8 Å². The average Bonchev–Trinajstić information content (AvgIpc) is 2.63. The number of hydrogen-bond donors (Lipinski definition) is 1. The number of carbonyl (C=O) groups excluding carboxylic acids is 1. The van der Waals surface area contributed by atoms with E-state index in [0.717, 1.165) is 0 Å². The lowest BCUT2D eigenvalue weighted by molar-refractivity contribution is 0.101. The maximum atomic E-state index is 13.5. The molecule has 3 aromatic rings. The molecule has 0 saturated carbocycles. The Morgan fingerprint density at radius 2 is 1.96 bits per heavy atom. The lowest BCUT2D eigenvalue weighted by Crippen LogP contribution is -2.28. The van der Waals surface area contributed by atoms with Gasteiger partial charge < -0.3 is 5.32 Å². The zero-order valence-corrected chi connectivity index (χ0v) is 15.5. The monoisotopic (exact) mass is 385 g/mol. The molecule has 1 heterocycles. The molecule has 0 spiro atoms. The molecule has 1 aromatic heterocycles. The molecular weight excluding hydrogens is 369 g/mol. The fraction of sp³-hybridized carbons (Fsp3) is 0.150. The first-order valence-corrected chi connectivity index (χ1v) is 8.73. The normalized spacial score (nSPS) is 10.7. The summed E-state index contributed by atoms with van der Waals surface area (Å²) in [5.41, 5.74) is 1.04. The summed E-state index contributed by atoms with van der Waals surface area (Å²) in [5.74, 6) is -0.791. The highest BCUT2D eigenvalue weighted by molar-refractivity contribution is 6.30. The lowest BCUT2D eigenvalue weighted by atomic mass is 10.0. The number of rotatable bonds is 5. The van der Waals surface area contributed by atoms with E-state index in [1.807, 2.05) is 0 Å². The summed E-state index contributed by atoms with van der Waals surface area (Å²) in [6, 6.07) is 12.6. The fourth-order valence-electron chi connectivity index (χ4n) is 2.79. The van der Waals surface area contributed by atoms with Crippen LogP contribution in [0, 0.1) is 5.82 Å². The molecule has 0 bridgehead atoms. The molecule has 0 aliphatic heterocycles. The number of anilines is 2. The second-order valence-electron chi connectivity index (χ2n) is 5.92. The van der Waals surface area contributed by atoms with Crippen molar-refractivity contribution < 1.29 is 9.18 Å². The molecular formula is C20H17ClFN3O2. The van der Waals surface area contributed by atoms with Crippen molar-refractivity contribution in [3.63, 3.8) is 0 Å². The number of nitrogens with zero attached hydrogens (tertiary/aromatic N) is 2. The van der Waals surface area contributed by atoms with Crippen molar-refractivity contribution in [1.29, 1.82) is 0 Å². The van der Waals surface area contributed by atoms with Crippen LogP contribution in [0.5, 0.6) is 0 Å². The molecule has 1 N–H and O–H groups in total. The molecule has 138 valence electrons. The minimum Gasteiger partial charge on any atom is -0.350 e. The number of nitrogens with one attached hydrogen (secondary N) is 1. The van der Waals surface area contributed by atoms with Crippen molar-refractivity contribution in [2.45, 2.75) is 20.4 Å². The zero-order valence-electron chi connectivity index (χ0n) is 14.8. The van der Waals surface area contributed by atoms with Crippen molar-refractivity contribution in [2.75, 3.05) is 5.32 Å². The molecule has 2 aromatic carbocycles. The third-order valence-corrected chi connectivity index (χ3v) is 4.23. The molecule has 0 aliphatic carbocycles. The van der Waals surface area contributed by atoms with Crippen LogP contribution in [0.4, 0.5) is 15.8 Å². The van der Waals surface area contributed by atoms with Gasteiger partial charge in [0.2, 0.25) is 0 Å². The molecule has 0 amide bonds. The van der Waals surface area contributed by atoms with Gasteiger partial charge in [0.05, 0.1) is 5.56 Å². The predicted molar refractivity (Wildman–Crippen MR) is 104 cm³/mol. The van der Waals surface area contributed by atoms with Crippen molar-refractivity contribution in [3.05, 3.63) is 75.3 Å². The highest BCUT2D eigenvalue weighted by Gasteiger charge is 2.22. The van der Waals surface area contributed by atoms with E-state index in [-0.39, 0.29) is 17.0 Å². The number of carbonyl (C=O) groups is 1. The molecule has 27 heavy (non-hydrogen) atoms. The Morgan fingerprint density at radius 1 is 1.22 bits per heavy atom. The maximum Gasteiger partial charge on any atom is 0.291 e. The van der Waals surface area contributed by atoms with Crippen LogP contribution < -0.4 is 10.9 Å². The van der Waals surface area contributed by atoms with Gasteiger partial charge in [-0.3, -0.25) is 9.59 Å². The first kappa shape index (κ1) is 18.8.